The molecule has 132 valence electrons. The lowest BCUT2D eigenvalue weighted by Crippen LogP contribution is -2.39. The van der Waals surface area contributed by atoms with E-state index >= 15 is 0 Å². The van der Waals surface area contributed by atoms with Crippen LogP contribution in [0.2, 0.25) is 0 Å². The third-order valence-corrected chi connectivity index (χ3v) is 4.23. The van der Waals surface area contributed by atoms with Crippen molar-refractivity contribution in [3.8, 4) is 5.88 Å². The van der Waals surface area contributed by atoms with E-state index in [1.54, 1.807) is 0 Å². The number of aromatic hydroxyl groups is 1. The SMILES string of the molecule is CCCCCCCn1c(O)cc(=O)n(CCCCCCC)c1=O. The minimum Gasteiger partial charge on any atom is -0.494 e. The molecule has 1 aromatic rings. The van der Waals surface area contributed by atoms with Crippen LogP contribution in [0.1, 0.15) is 78.1 Å². The lowest BCUT2D eigenvalue weighted by atomic mass is 10.1. The van der Waals surface area contributed by atoms with Crippen LogP contribution in [0.15, 0.2) is 15.7 Å². The van der Waals surface area contributed by atoms with Crippen molar-refractivity contribution in [1.29, 1.82) is 0 Å². The first kappa shape index (κ1) is 19.5. The van der Waals surface area contributed by atoms with E-state index in [1.165, 1.54) is 40.9 Å². The van der Waals surface area contributed by atoms with Crippen LogP contribution in [0, 0.1) is 0 Å². The van der Waals surface area contributed by atoms with Crippen molar-refractivity contribution >= 4 is 0 Å². The molecule has 0 aliphatic heterocycles. The van der Waals surface area contributed by atoms with E-state index < -0.39 is 5.56 Å². The Hall–Kier alpha value is -1.52. The molecule has 1 heterocycles. The highest BCUT2D eigenvalue weighted by molar-refractivity contribution is 5.07. The number of nitrogens with zero attached hydrogens (tertiary/aromatic N) is 2. The molecule has 5 heteroatoms. The average Bonchev–Trinajstić information content (AvgIpc) is 2.52. The minimum atomic E-state index is -0.398. The van der Waals surface area contributed by atoms with Gasteiger partial charge in [-0.15, -0.1) is 0 Å². The lowest BCUT2D eigenvalue weighted by Gasteiger charge is -2.12. The first-order chi connectivity index (χ1) is 11.1. The summed E-state index contributed by atoms with van der Waals surface area (Å²) in [5, 5.41) is 9.89. The zero-order valence-corrected chi connectivity index (χ0v) is 14.7. The van der Waals surface area contributed by atoms with E-state index in [4.69, 9.17) is 0 Å². The summed E-state index contributed by atoms with van der Waals surface area (Å²) in [6.45, 7) is 5.23. The molecule has 0 bridgehead atoms. The van der Waals surface area contributed by atoms with Gasteiger partial charge < -0.3 is 5.11 Å². The normalized spacial score (nSPS) is 11.0. The van der Waals surface area contributed by atoms with Gasteiger partial charge in [-0.05, 0) is 12.8 Å². The van der Waals surface area contributed by atoms with Gasteiger partial charge in [0.1, 0.15) is 0 Å². The molecule has 1 rings (SSSR count). The number of rotatable bonds is 12. The summed E-state index contributed by atoms with van der Waals surface area (Å²) in [6, 6.07) is 1.17. The van der Waals surface area contributed by atoms with Gasteiger partial charge in [-0.25, -0.2) is 4.79 Å². The summed E-state index contributed by atoms with van der Waals surface area (Å²) in [4.78, 5) is 24.4. The summed E-state index contributed by atoms with van der Waals surface area (Å²) in [5.41, 5.74) is -0.772. The molecule has 0 atom stereocenters. The highest BCUT2D eigenvalue weighted by Gasteiger charge is 2.10. The largest absolute Gasteiger partial charge is 0.494 e. The van der Waals surface area contributed by atoms with Crippen molar-refractivity contribution in [3.05, 3.63) is 26.9 Å². The smallest absolute Gasteiger partial charge is 0.333 e. The second-order valence-electron chi connectivity index (χ2n) is 6.26. The van der Waals surface area contributed by atoms with E-state index in [0.717, 1.165) is 38.5 Å². The molecule has 0 unspecified atom stereocenters. The molecule has 0 aliphatic rings. The predicted molar refractivity (Wildman–Crippen MR) is 94.1 cm³/mol. The van der Waals surface area contributed by atoms with Crippen molar-refractivity contribution < 1.29 is 5.11 Å². The quantitative estimate of drug-likeness (QED) is 0.597. The van der Waals surface area contributed by atoms with Crippen LogP contribution in [-0.4, -0.2) is 14.2 Å². The Morgan fingerprint density at radius 3 is 1.78 bits per heavy atom. The molecule has 0 saturated carbocycles. The Morgan fingerprint density at radius 2 is 1.26 bits per heavy atom. The maximum Gasteiger partial charge on any atom is 0.333 e. The van der Waals surface area contributed by atoms with E-state index in [1.807, 2.05) is 0 Å². The second kappa shape index (κ2) is 11.1. The standard InChI is InChI=1S/C18H32N2O3/c1-3-5-7-9-11-13-19-16(21)15-17(22)20(18(19)23)14-12-10-8-6-4-2/h15,21H,3-14H2,1-2H3. The fourth-order valence-corrected chi connectivity index (χ4v) is 2.77. The molecule has 1 aromatic heterocycles. The molecule has 0 radical (unpaired) electrons. The molecular weight excluding hydrogens is 292 g/mol. The molecule has 5 nitrogen and oxygen atoms in total. The Kier molecular flexibility index (Phi) is 9.41. The van der Waals surface area contributed by atoms with Gasteiger partial charge in [-0.1, -0.05) is 65.2 Å². The van der Waals surface area contributed by atoms with Gasteiger partial charge in [-0.3, -0.25) is 13.9 Å². The Balaban J connectivity index is 2.66. The van der Waals surface area contributed by atoms with E-state index in [9.17, 15) is 14.7 Å². The summed E-state index contributed by atoms with van der Waals surface area (Å²) in [5.74, 6) is -0.210. The molecule has 0 aliphatic carbocycles. The Morgan fingerprint density at radius 1 is 0.783 bits per heavy atom. The lowest BCUT2D eigenvalue weighted by molar-refractivity contribution is 0.378. The Labute approximate surface area is 139 Å². The van der Waals surface area contributed by atoms with Crippen molar-refractivity contribution in [2.45, 2.75) is 91.1 Å². The van der Waals surface area contributed by atoms with Crippen LogP contribution >= 0.6 is 0 Å². The summed E-state index contributed by atoms with van der Waals surface area (Å²) >= 11 is 0. The number of aromatic nitrogens is 2. The van der Waals surface area contributed by atoms with E-state index in [-0.39, 0.29) is 11.6 Å². The first-order valence-corrected chi connectivity index (χ1v) is 9.15. The van der Waals surface area contributed by atoms with Gasteiger partial charge in [0.05, 0.1) is 6.07 Å². The maximum absolute atomic E-state index is 12.4. The van der Waals surface area contributed by atoms with Crippen LogP contribution in [0.5, 0.6) is 5.88 Å². The first-order valence-electron chi connectivity index (χ1n) is 9.15. The molecule has 0 spiro atoms. The molecule has 23 heavy (non-hydrogen) atoms. The summed E-state index contributed by atoms with van der Waals surface area (Å²) < 4.78 is 2.59. The Bertz CT molecular complexity index is 560. The van der Waals surface area contributed by atoms with E-state index in [0.29, 0.717) is 13.1 Å². The number of unbranched alkanes of at least 4 members (excludes halogenated alkanes) is 8. The fraction of sp³-hybridized carbons (Fsp3) is 0.778. The van der Waals surface area contributed by atoms with Crippen LogP contribution < -0.4 is 11.2 Å². The number of hydrogen-bond acceptors (Lipinski definition) is 3. The van der Waals surface area contributed by atoms with Crippen molar-refractivity contribution in [2.75, 3.05) is 0 Å². The van der Waals surface area contributed by atoms with Gasteiger partial charge >= 0.3 is 5.69 Å². The fourth-order valence-electron chi connectivity index (χ4n) is 2.77. The molecule has 1 N–H and O–H groups in total. The van der Waals surface area contributed by atoms with E-state index in [2.05, 4.69) is 13.8 Å². The summed E-state index contributed by atoms with van der Waals surface area (Å²) in [7, 11) is 0. The topological polar surface area (TPSA) is 64.2 Å². The third kappa shape index (κ3) is 6.63. The van der Waals surface area contributed by atoms with Gasteiger partial charge in [0.15, 0.2) is 0 Å². The van der Waals surface area contributed by atoms with Crippen LogP contribution in [0.25, 0.3) is 0 Å². The van der Waals surface area contributed by atoms with Gasteiger partial charge in [-0.2, -0.15) is 0 Å². The number of hydrogen-bond donors (Lipinski definition) is 1. The molecule has 0 aromatic carbocycles. The highest BCUT2D eigenvalue weighted by Crippen LogP contribution is 2.08. The highest BCUT2D eigenvalue weighted by atomic mass is 16.3. The van der Waals surface area contributed by atoms with Crippen molar-refractivity contribution in [3.63, 3.8) is 0 Å². The van der Waals surface area contributed by atoms with Gasteiger partial charge in [0.25, 0.3) is 5.56 Å². The van der Waals surface area contributed by atoms with Gasteiger partial charge in [0, 0.05) is 13.1 Å². The average molecular weight is 324 g/mol. The van der Waals surface area contributed by atoms with Crippen LogP contribution in [-0.2, 0) is 13.1 Å². The molecule has 0 fully saturated rings. The molecule has 0 amide bonds. The van der Waals surface area contributed by atoms with Crippen molar-refractivity contribution in [2.24, 2.45) is 0 Å². The van der Waals surface area contributed by atoms with Gasteiger partial charge in [0.2, 0.25) is 5.88 Å². The van der Waals surface area contributed by atoms with Crippen LogP contribution in [0.3, 0.4) is 0 Å². The third-order valence-electron chi connectivity index (χ3n) is 4.23. The monoisotopic (exact) mass is 324 g/mol. The zero-order valence-electron chi connectivity index (χ0n) is 14.7. The zero-order chi connectivity index (χ0) is 17.1. The second-order valence-corrected chi connectivity index (χ2v) is 6.26. The maximum atomic E-state index is 12.4. The predicted octanol–water partition coefficient (Wildman–Crippen LogP) is 3.66. The molecular formula is C18H32N2O3. The minimum absolute atomic E-state index is 0.210. The van der Waals surface area contributed by atoms with Crippen molar-refractivity contribution in [1.82, 2.24) is 9.13 Å². The van der Waals surface area contributed by atoms with Crippen LogP contribution in [0.4, 0.5) is 0 Å². The molecule has 0 saturated heterocycles. The summed E-state index contributed by atoms with van der Waals surface area (Å²) in [6.07, 6.45) is 10.7.